The van der Waals surface area contributed by atoms with E-state index in [2.05, 4.69) is 48.5 Å². The molecule has 0 bridgehead atoms. The maximum absolute atomic E-state index is 5.72. The highest BCUT2D eigenvalue weighted by atomic mass is 35.5. The Morgan fingerprint density at radius 2 is 0.900 bits per heavy atom. The lowest BCUT2D eigenvalue weighted by Crippen LogP contribution is -1.88. The molecule has 2 heteroatoms. The zero-order valence-electron chi connectivity index (χ0n) is 11.6. The van der Waals surface area contributed by atoms with Gasteiger partial charge < -0.3 is 0 Å². The number of benzene rings is 2. The summed E-state index contributed by atoms with van der Waals surface area (Å²) in [5.74, 6) is 1.46. The van der Waals surface area contributed by atoms with Gasteiger partial charge in [0.15, 0.2) is 0 Å². The third-order valence-corrected chi connectivity index (χ3v) is 3.97. The van der Waals surface area contributed by atoms with Gasteiger partial charge in [0.25, 0.3) is 0 Å². The maximum atomic E-state index is 5.72. The smallest absolute Gasteiger partial charge is 0.0226 e. The van der Waals surface area contributed by atoms with Crippen molar-refractivity contribution in [2.75, 3.05) is 11.8 Å². The van der Waals surface area contributed by atoms with Crippen LogP contribution < -0.4 is 0 Å². The lowest BCUT2D eigenvalue weighted by Gasteiger charge is -2.06. The van der Waals surface area contributed by atoms with Crippen molar-refractivity contribution in [3.8, 4) is 11.1 Å². The average molecular weight is 307 g/mol. The van der Waals surface area contributed by atoms with Crippen molar-refractivity contribution < 1.29 is 0 Å². The third kappa shape index (κ3) is 4.54. The van der Waals surface area contributed by atoms with E-state index in [0.29, 0.717) is 0 Å². The number of rotatable bonds is 7. The molecule has 2 rings (SSSR count). The summed E-state index contributed by atoms with van der Waals surface area (Å²) in [4.78, 5) is 0. The van der Waals surface area contributed by atoms with E-state index in [1.165, 1.54) is 22.3 Å². The molecule has 0 spiro atoms. The van der Waals surface area contributed by atoms with Crippen molar-refractivity contribution >= 4 is 23.2 Å². The summed E-state index contributed by atoms with van der Waals surface area (Å²) in [5, 5.41) is 0. The standard InChI is InChI=1S/C18H20Cl2/c19-13-1-3-15-5-9-17(10-6-15)18-11-7-16(8-12-18)4-2-14-20/h5-12H,1-4,13-14H2. The molecule has 0 N–H and O–H groups in total. The Bertz CT molecular complexity index is 450. The molecule has 106 valence electrons. The van der Waals surface area contributed by atoms with Crippen LogP contribution in [-0.2, 0) is 12.8 Å². The van der Waals surface area contributed by atoms with Gasteiger partial charge in [-0.3, -0.25) is 0 Å². The van der Waals surface area contributed by atoms with Gasteiger partial charge >= 0.3 is 0 Å². The lowest BCUT2D eigenvalue weighted by atomic mass is 10.0. The van der Waals surface area contributed by atoms with E-state index < -0.39 is 0 Å². The molecule has 0 radical (unpaired) electrons. The van der Waals surface area contributed by atoms with E-state index in [4.69, 9.17) is 23.2 Å². The first-order valence-electron chi connectivity index (χ1n) is 7.13. The minimum atomic E-state index is 0.728. The van der Waals surface area contributed by atoms with Gasteiger partial charge in [-0.15, -0.1) is 23.2 Å². The first-order chi connectivity index (χ1) is 9.83. The van der Waals surface area contributed by atoms with E-state index in [-0.39, 0.29) is 0 Å². The SMILES string of the molecule is ClCCCc1ccc(-c2ccc(CCCCl)cc2)cc1. The molecule has 0 saturated carbocycles. The molecule has 0 heterocycles. The topological polar surface area (TPSA) is 0 Å². The summed E-state index contributed by atoms with van der Waals surface area (Å²) in [6.45, 7) is 0. The molecule has 0 fully saturated rings. The van der Waals surface area contributed by atoms with Crippen LogP contribution >= 0.6 is 23.2 Å². The van der Waals surface area contributed by atoms with E-state index in [1.807, 2.05) is 0 Å². The normalized spacial score (nSPS) is 10.7. The van der Waals surface area contributed by atoms with Crippen molar-refractivity contribution in [3.05, 3.63) is 59.7 Å². The second kappa shape index (κ2) is 8.34. The molecule has 0 nitrogen and oxygen atoms in total. The minimum Gasteiger partial charge on any atom is -0.127 e. The maximum Gasteiger partial charge on any atom is 0.0226 e. The van der Waals surface area contributed by atoms with Gasteiger partial charge in [-0.25, -0.2) is 0 Å². The molecule has 0 unspecified atom stereocenters. The van der Waals surface area contributed by atoms with Gasteiger partial charge in [-0.1, -0.05) is 48.5 Å². The summed E-state index contributed by atoms with van der Waals surface area (Å²) in [6.07, 6.45) is 4.19. The Balaban J connectivity index is 2.03. The molecular weight excluding hydrogens is 287 g/mol. The molecule has 0 aromatic heterocycles. The highest BCUT2D eigenvalue weighted by Gasteiger charge is 1.99. The summed E-state index contributed by atoms with van der Waals surface area (Å²) in [5.41, 5.74) is 5.24. The Morgan fingerprint density at radius 3 is 1.20 bits per heavy atom. The molecule has 0 aliphatic heterocycles. The summed E-state index contributed by atoms with van der Waals surface area (Å²) in [7, 11) is 0. The van der Waals surface area contributed by atoms with Gasteiger partial charge in [-0.05, 0) is 47.9 Å². The summed E-state index contributed by atoms with van der Waals surface area (Å²) < 4.78 is 0. The van der Waals surface area contributed by atoms with Gasteiger partial charge in [0.1, 0.15) is 0 Å². The largest absolute Gasteiger partial charge is 0.127 e. The van der Waals surface area contributed by atoms with Crippen LogP contribution in [0.4, 0.5) is 0 Å². The monoisotopic (exact) mass is 306 g/mol. The number of alkyl halides is 2. The fourth-order valence-electron chi connectivity index (χ4n) is 2.27. The second-order valence-corrected chi connectivity index (χ2v) is 5.73. The van der Waals surface area contributed by atoms with Gasteiger partial charge in [0, 0.05) is 11.8 Å². The molecular formula is C18H20Cl2. The summed E-state index contributed by atoms with van der Waals surface area (Å²) >= 11 is 11.4. The molecule has 0 amide bonds. The van der Waals surface area contributed by atoms with Gasteiger partial charge in [-0.2, -0.15) is 0 Å². The third-order valence-electron chi connectivity index (χ3n) is 3.44. The van der Waals surface area contributed by atoms with E-state index in [1.54, 1.807) is 0 Å². The quantitative estimate of drug-likeness (QED) is 0.576. The van der Waals surface area contributed by atoms with Crippen LogP contribution in [-0.4, -0.2) is 11.8 Å². The molecule has 0 aliphatic carbocycles. The van der Waals surface area contributed by atoms with E-state index in [9.17, 15) is 0 Å². The van der Waals surface area contributed by atoms with Crippen LogP contribution in [0.3, 0.4) is 0 Å². The zero-order chi connectivity index (χ0) is 14.2. The van der Waals surface area contributed by atoms with Crippen LogP contribution in [0.25, 0.3) is 11.1 Å². The highest BCUT2D eigenvalue weighted by molar-refractivity contribution is 6.18. The number of hydrogen-bond acceptors (Lipinski definition) is 0. The minimum absolute atomic E-state index is 0.728. The predicted octanol–water partition coefficient (Wildman–Crippen LogP) is 5.70. The van der Waals surface area contributed by atoms with Crippen molar-refractivity contribution in [2.45, 2.75) is 25.7 Å². The molecule has 2 aromatic carbocycles. The van der Waals surface area contributed by atoms with E-state index >= 15 is 0 Å². The Hall–Kier alpha value is -0.980. The van der Waals surface area contributed by atoms with Crippen molar-refractivity contribution in [1.29, 1.82) is 0 Å². The Kier molecular flexibility index (Phi) is 6.42. The Labute approximate surface area is 131 Å². The van der Waals surface area contributed by atoms with Crippen LogP contribution in [0.15, 0.2) is 48.5 Å². The Morgan fingerprint density at radius 1 is 0.550 bits per heavy atom. The van der Waals surface area contributed by atoms with Crippen LogP contribution in [0.1, 0.15) is 24.0 Å². The second-order valence-electron chi connectivity index (χ2n) is 4.98. The van der Waals surface area contributed by atoms with Crippen LogP contribution in [0.2, 0.25) is 0 Å². The molecule has 0 aliphatic rings. The zero-order valence-corrected chi connectivity index (χ0v) is 13.1. The van der Waals surface area contributed by atoms with Gasteiger partial charge in [0.2, 0.25) is 0 Å². The predicted molar refractivity (Wildman–Crippen MR) is 90.0 cm³/mol. The van der Waals surface area contributed by atoms with E-state index in [0.717, 1.165) is 37.4 Å². The van der Waals surface area contributed by atoms with Crippen LogP contribution in [0, 0.1) is 0 Å². The van der Waals surface area contributed by atoms with Crippen molar-refractivity contribution in [3.63, 3.8) is 0 Å². The first-order valence-corrected chi connectivity index (χ1v) is 8.20. The van der Waals surface area contributed by atoms with Crippen molar-refractivity contribution in [1.82, 2.24) is 0 Å². The number of hydrogen-bond donors (Lipinski definition) is 0. The first kappa shape index (κ1) is 15.4. The van der Waals surface area contributed by atoms with Crippen molar-refractivity contribution in [2.24, 2.45) is 0 Å². The highest BCUT2D eigenvalue weighted by Crippen LogP contribution is 2.21. The number of aryl methyl sites for hydroxylation is 2. The van der Waals surface area contributed by atoms with Crippen LogP contribution in [0.5, 0.6) is 0 Å². The molecule has 0 atom stereocenters. The molecule has 2 aromatic rings. The number of halogens is 2. The molecule has 0 saturated heterocycles. The lowest BCUT2D eigenvalue weighted by molar-refractivity contribution is 0.928. The molecule has 20 heavy (non-hydrogen) atoms. The summed E-state index contributed by atoms with van der Waals surface area (Å²) in [6, 6.07) is 17.6. The average Bonchev–Trinajstić information content (AvgIpc) is 2.52. The van der Waals surface area contributed by atoms with Gasteiger partial charge in [0.05, 0.1) is 0 Å². The fraction of sp³-hybridized carbons (Fsp3) is 0.333. The fourth-order valence-corrected chi connectivity index (χ4v) is 2.54.